The first-order chi connectivity index (χ1) is 17.4. The Labute approximate surface area is 228 Å². The average Bonchev–Trinajstić information content (AvgIpc) is 2.89. The van der Waals surface area contributed by atoms with Crippen molar-refractivity contribution in [1.82, 2.24) is 10.2 Å². The molecule has 2 amide bonds. The van der Waals surface area contributed by atoms with Crippen LogP contribution in [0.3, 0.4) is 0 Å². The third kappa shape index (κ3) is 6.63. The molecule has 0 aliphatic heterocycles. The molecule has 0 fully saturated rings. The van der Waals surface area contributed by atoms with Gasteiger partial charge in [-0.3, -0.25) is 13.9 Å². The summed E-state index contributed by atoms with van der Waals surface area (Å²) in [5.41, 5.74) is 2.86. The molecule has 7 nitrogen and oxygen atoms in total. The first kappa shape index (κ1) is 28.5. The van der Waals surface area contributed by atoms with E-state index in [0.717, 1.165) is 15.4 Å². The maximum atomic E-state index is 13.8. The highest BCUT2D eigenvalue weighted by atomic mass is 35.5. The van der Waals surface area contributed by atoms with Crippen molar-refractivity contribution in [3.05, 3.63) is 93.5 Å². The van der Waals surface area contributed by atoms with Gasteiger partial charge in [0.05, 0.1) is 20.6 Å². The summed E-state index contributed by atoms with van der Waals surface area (Å²) in [7, 11) is -2.63. The van der Waals surface area contributed by atoms with Crippen molar-refractivity contribution in [3.8, 4) is 0 Å². The highest BCUT2D eigenvalue weighted by molar-refractivity contribution is 7.92. The summed E-state index contributed by atoms with van der Waals surface area (Å²) >= 11 is 12.2. The lowest BCUT2D eigenvalue weighted by Gasteiger charge is -2.32. The summed E-state index contributed by atoms with van der Waals surface area (Å²) < 4.78 is 28.5. The third-order valence-corrected chi connectivity index (χ3v) is 8.67. The second kappa shape index (κ2) is 12.0. The van der Waals surface area contributed by atoms with E-state index in [1.165, 1.54) is 24.1 Å². The van der Waals surface area contributed by atoms with Crippen LogP contribution in [0.2, 0.25) is 10.0 Å². The predicted molar refractivity (Wildman–Crippen MR) is 147 cm³/mol. The molecule has 0 saturated carbocycles. The number of aryl methyl sites for hydroxylation is 2. The molecule has 0 unspecified atom stereocenters. The van der Waals surface area contributed by atoms with E-state index < -0.39 is 34.4 Å². The molecule has 0 aromatic heterocycles. The number of sulfonamides is 1. The van der Waals surface area contributed by atoms with Gasteiger partial charge in [0.1, 0.15) is 12.6 Å². The average molecular weight is 563 g/mol. The summed E-state index contributed by atoms with van der Waals surface area (Å²) in [6.45, 7) is 4.89. The lowest BCUT2D eigenvalue weighted by atomic mass is 10.1. The minimum Gasteiger partial charge on any atom is -0.357 e. The fourth-order valence-electron chi connectivity index (χ4n) is 3.76. The van der Waals surface area contributed by atoms with Gasteiger partial charge in [0.2, 0.25) is 11.8 Å². The predicted octanol–water partition coefficient (Wildman–Crippen LogP) is 4.97. The molecule has 0 saturated heterocycles. The van der Waals surface area contributed by atoms with Gasteiger partial charge in [0, 0.05) is 13.6 Å². The Morgan fingerprint density at radius 3 is 2.19 bits per heavy atom. The highest BCUT2D eigenvalue weighted by Gasteiger charge is 2.32. The summed E-state index contributed by atoms with van der Waals surface area (Å²) in [5.74, 6) is -0.947. The van der Waals surface area contributed by atoms with Gasteiger partial charge in [-0.1, -0.05) is 53.5 Å². The van der Waals surface area contributed by atoms with Crippen LogP contribution in [0, 0.1) is 13.8 Å². The number of amides is 2. The van der Waals surface area contributed by atoms with E-state index in [1.54, 1.807) is 55.5 Å². The molecule has 0 spiro atoms. The molecule has 1 N–H and O–H groups in total. The Bertz CT molecular complexity index is 1400. The molecule has 0 bridgehead atoms. The van der Waals surface area contributed by atoms with Crippen LogP contribution < -0.4 is 9.62 Å². The minimum absolute atomic E-state index is 0.0243. The second-order valence-corrected chi connectivity index (χ2v) is 11.3. The fraction of sp³-hybridized carbons (Fsp3) is 0.259. The molecule has 0 radical (unpaired) electrons. The molecular weight excluding hydrogens is 533 g/mol. The van der Waals surface area contributed by atoms with E-state index in [-0.39, 0.29) is 11.4 Å². The zero-order valence-electron chi connectivity index (χ0n) is 21.0. The van der Waals surface area contributed by atoms with Gasteiger partial charge in [-0.15, -0.1) is 0 Å². The molecule has 3 aromatic carbocycles. The van der Waals surface area contributed by atoms with Crippen molar-refractivity contribution >= 4 is 50.7 Å². The van der Waals surface area contributed by atoms with E-state index in [4.69, 9.17) is 23.2 Å². The van der Waals surface area contributed by atoms with Crippen LogP contribution in [0.4, 0.5) is 5.69 Å². The fourth-order valence-corrected chi connectivity index (χ4v) is 5.50. The molecule has 1 atom stereocenters. The monoisotopic (exact) mass is 561 g/mol. The van der Waals surface area contributed by atoms with Crippen molar-refractivity contribution in [2.45, 2.75) is 38.3 Å². The Kier molecular flexibility index (Phi) is 9.23. The molecular formula is C27H29Cl2N3O4S. The molecule has 196 valence electrons. The molecule has 0 aliphatic rings. The Hall–Kier alpha value is -3.07. The Morgan fingerprint density at radius 1 is 0.919 bits per heavy atom. The van der Waals surface area contributed by atoms with Crippen molar-refractivity contribution in [1.29, 1.82) is 0 Å². The molecule has 0 aliphatic carbocycles. The van der Waals surface area contributed by atoms with Gasteiger partial charge >= 0.3 is 0 Å². The Morgan fingerprint density at radius 2 is 1.59 bits per heavy atom. The zero-order valence-corrected chi connectivity index (χ0v) is 23.4. The number of hydrogen-bond donors (Lipinski definition) is 1. The molecule has 10 heteroatoms. The number of anilines is 1. The normalized spacial score (nSPS) is 12.1. The topological polar surface area (TPSA) is 86.8 Å². The number of nitrogens with one attached hydrogen (secondary N) is 1. The maximum Gasteiger partial charge on any atom is 0.264 e. The van der Waals surface area contributed by atoms with E-state index in [0.29, 0.717) is 21.3 Å². The van der Waals surface area contributed by atoms with Crippen LogP contribution in [-0.4, -0.2) is 44.8 Å². The standard InChI is InChI=1S/C27H29Cl2N3O4S/c1-18-10-12-22(14-19(18)2)32(37(35,36)23-8-6-5-7-9-23)17-26(33)31(20(3)27(34)30-4)16-21-11-13-24(28)25(29)15-21/h5-15,20H,16-17H2,1-4H3,(H,30,34)/t20-/m0/s1. The van der Waals surface area contributed by atoms with Crippen LogP contribution in [0.5, 0.6) is 0 Å². The van der Waals surface area contributed by atoms with Gasteiger partial charge < -0.3 is 10.2 Å². The summed E-state index contributed by atoms with van der Waals surface area (Å²) in [6, 6.07) is 17.2. The van der Waals surface area contributed by atoms with Crippen LogP contribution in [0.1, 0.15) is 23.6 Å². The number of carbonyl (C=O) groups excluding carboxylic acids is 2. The summed E-state index contributed by atoms with van der Waals surface area (Å²) in [5, 5.41) is 3.22. The maximum absolute atomic E-state index is 13.8. The third-order valence-electron chi connectivity index (χ3n) is 6.14. The lowest BCUT2D eigenvalue weighted by molar-refractivity contribution is -0.139. The van der Waals surface area contributed by atoms with Gasteiger partial charge in [0.15, 0.2) is 0 Å². The summed E-state index contributed by atoms with van der Waals surface area (Å²) in [6.07, 6.45) is 0. The number of benzene rings is 3. The van der Waals surface area contributed by atoms with Crippen LogP contribution >= 0.6 is 23.2 Å². The van der Waals surface area contributed by atoms with Gasteiger partial charge in [-0.2, -0.15) is 0 Å². The molecule has 3 rings (SSSR count). The number of carbonyl (C=O) groups is 2. The van der Waals surface area contributed by atoms with E-state index in [9.17, 15) is 18.0 Å². The van der Waals surface area contributed by atoms with Crippen LogP contribution in [0.15, 0.2) is 71.6 Å². The van der Waals surface area contributed by atoms with Crippen molar-refractivity contribution in [2.24, 2.45) is 0 Å². The second-order valence-electron chi connectivity index (χ2n) is 8.65. The zero-order chi connectivity index (χ0) is 27.3. The van der Waals surface area contributed by atoms with Gasteiger partial charge in [0.25, 0.3) is 10.0 Å². The number of rotatable bonds is 9. The van der Waals surface area contributed by atoms with E-state index >= 15 is 0 Å². The number of halogens is 2. The first-order valence-electron chi connectivity index (χ1n) is 11.6. The highest BCUT2D eigenvalue weighted by Crippen LogP contribution is 2.27. The van der Waals surface area contributed by atoms with Gasteiger partial charge in [-0.05, 0) is 73.9 Å². The van der Waals surface area contributed by atoms with Crippen molar-refractivity contribution in [2.75, 3.05) is 17.9 Å². The van der Waals surface area contributed by atoms with Crippen LogP contribution in [-0.2, 0) is 26.2 Å². The van der Waals surface area contributed by atoms with Crippen LogP contribution in [0.25, 0.3) is 0 Å². The number of likely N-dealkylation sites (N-methyl/N-ethyl adjacent to an activating group) is 1. The molecule has 3 aromatic rings. The van der Waals surface area contributed by atoms with Crippen molar-refractivity contribution in [3.63, 3.8) is 0 Å². The first-order valence-corrected chi connectivity index (χ1v) is 13.7. The summed E-state index contributed by atoms with van der Waals surface area (Å²) in [4.78, 5) is 27.7. The SMILES string of the molecule is CNC(=O)[C@H](C)N(Cc1ccc(Cl)c(Cl)c1)C(=O)CN(c1ccc(C)c(C)c1)S(=O)(=O)c1ccccc1. The number of nitrogens with zero attached hydrogens (tertiary/aromatic N) is 2. The quantitative estimate of drug-likeness (QED) is 0.399. The van der Waals surface area contributed by atoms with E-state index in [1.807, 2.05) is 19.9 Å². The van der Waals surface area contributed by atoms with Crippen molar-refractivity contribution < 1.29 is 18.0 Å². The number of hydrogen-bond acceptors (Lipinski definition) is 4. The lowest BCUT2D eigenvalue weighted by Crippen LogP contribution is -2.50. The Balaban J connectivity index is 2.05. The molecule has 37 heavy (non-hydrogen) atoms. The van der Waals surface area contributed by atoms with Gasteiger partial charge in [-0.25, -0.2) is 8.42 Å². The molecule has 0 heterocycles. The largest absolute Gasteiger partial charge is 0.357 e. The smallest absolute Gasteiger partial charge is 0.264 e. The van der Waals surface area contributed by atoms with E-state index in [2.05, 4.69) is 5.32 Å². The minimum atomic E-state index is -4.10.